The van der Waals surface area contributed by atoms with Crippen molar-refractivity contribution in [3.8, 4) is 22.3 Å². The van der Waals surface area contributed by atoms with E-state index in [4.69, 9.17) is 16.0 Å². The van der Waals surface area contributed by atoms with Crippen LogP contribution >= 0.6 is 11.6 Å². The molecule has 0 unspecified atom stereocenters. The number of furan rings is 1. The molecular weight excluding hydrogens is 570 g/mol. The van der Waals surface area contributed by atoms with Crippen molar-refractivity contribution in [2.24, 2.45) is 0 Å². The largest absolute Gasteiger partial charge is 0.454 e. The molecular formula is C42H32ClNO. The van der Waals surface area contributed by atoms with Crippen molar-refractivity contribution in [2.75, 3.05) is 4.90 Å². The van der Waals surface area contributed by atoms with E-state index in [1.54, 1.807) is 0 Å². The fraction of sp³-hybridized carbons (Fsp3) is 0.143. The number of para-hydroxylation sites is 1. The summed E-state index contributed by atoms with van der Waals surface area (Å²) >= 11 is 6.45. The molecule has 6 aromatic carbocycles. The monoisotopic (exact) mass is 601 g/mol. The van der Waals surface area contributed by atoms with E-state index < -0.39 is 0 Å². The second-order valence-corrected chi connectivity index (χ2v) is 14.0. The summed E-state index contributed by atoms with van der Waals surface area (Å²) in [4.78, 5) is 2.37. The molecule has 9 rings (SSSR count). The second kappa shape index (κ2) is 9.12. The van der Waals surface area contributed by atoms with E-state index in [-0.39, 0.29) is 10.8 Å². The van der Waals surface area contributed by atoms with Gasteiger partial charge in [-0.05, 0) is 93.0 Å². The highest BCUT2D eigenvalue weighted by molar-refractivity contribution is 6.31. The summed E-state index contributed by atoms with van der Waals surface area (Å²) in [5, 5.41) is 2.77. The molecule has 0 bridgehead atoms. The molecule has 0 aliphatic heterocycles. The van der Waals surface area contributed by atoms with Gasteiger partial charge in [-0.15, -0.1) is 0 Å². The van der Waals surface area contributed by atoms with Gasteiger partial charge in [0.25, 0.3) is 0 Å². The normalized spacial score (nSPS) is 15.1. The van der Waals surface area contributed by atoms with E-state index in [9.17, 15) is 0 Å². The van der Waals surface area contributed by atoms with Crippen LogP contribution in [-0.4, -0.2) is 0 Å². The smallest absolute Gasteiger partial charge is 0.159 e. The van der Waals surface area contributed by atoms with Gasteiger partial charge in [0.15, 0.2) is 5.58 Å². The number of hydrogen-bond acceptors (Lipinski definition) is 2. The minimum atomic E-state index is -0.0594. The Labute approximate surface area is 268 Å². The Morgan fingerprint density at radius 1 is 0.511 bits per heavy atom. The third-order valence-corrected chi connectivity index (χ3v) is 10.6. The van der Waals surface area contributed by atoms with Crippen LogP contribution in [0.4, 0.5) is 17.1 Å². The molecule has 0 N–H and O–H groups in total. The van der Waals surface area contributed by atoms with E-state index in [1.807, 2.05) is 18.2 Å². The summed E-state index contributed by atoms with van der Waals surface area (Å²) in [6, 6.07) is 43.9. The number of anilines is 3. The lowest BCUT2D eigenvalue weighted by Gasteiger charge is -2.28. The van der Waals surface area contributed by atoms with Crippen molar-refractivity contribution in [3.05, 3.63) is 149 Å². The Morgan fingerprint density at radius 2 is 1.07 bits per heavy atom. The molecule has 1 aromatic heterocycles. The molecule has 0 saturated heterocycles. The van der Waals surface area contributed by atoms with Crippen LogP contribution in [-0.2, 0) is 10.8 Å². The number of hydrogen-bond donors (Lipinski definition) is 0. The Balaban J connectivity index is 1.32. The van der Waals surface area contributed by atoms with Gasteiger partial charge in [-0.2, -0.15) is 0 Å². The van der Waals surface area contributed by atoms with Gasteiger partial charge in [-0.25, -0.2) is 0 Å². The van der Waals surface area contributed by atoms with Crippen LogP contribution in [0.3, 0.4) is 0 Å². The quantitative estimate of drug-likeness (QED) is 0.200. The summed E-state index contributed by atoms with van der Waals surface area (Å²) in [7, 11) is 0. The zero-order valence-electron chi connectivity index (χ0n) is 25.8. The zero-order valence-corrected chi connectivity index (χ0v) is 26.5. The fourth-order valence-electron chi connectivity index (χ4n) is 8.05. The van der Waals surface area contributed by atoms with Crippen LogP contribution in [0.25, 0.3) is 44.2 Å². The molecule has 7 aromatic rings. The van der Waals surface area contributed by atoms with E-state index in [2.05, 4.69) is 136 Å². The lowest BCUT2D eigenvalue weighted by molar-refractivity contribution is 0.660. The van der Waals surface area contributed by atoms with E-state index in [0.717, 1.165) is 39.0 Å². The summed E-state index contributed by atoms with van der Waals surface area (Å²) < 4.78 is 6.63. The first-order valence-electron chi connectivity index (χ1n) is 15.6. The van der Waals surface area contributed by atoms with Gasteiger partial charge >= 0.3 is 0 Å². The van der Waals surface area contributed by atoms with Gasteiger partial charge in [-0.1, -0.05) is 112 Å². The molecule has 2 nitrogen and oxygen atoms in total. The predicted octanol–water partition coefficient (Wildman–Crippen LogP) is 12.3. The molecule has 2 aliphatic carbocycles. The Morgan fingerprint density at radius 3 is 1.67 bits per heavy atom. The van der Waals surface area contributed by atoms with Gasteiger partial charge in [0, 0.05) is 38.0 Å². The lowest BCUT2D eigenvalue weighted by atomic mass is 9.82. The molecule has 0 fully saturated rings. The first-order chi connectivity index (χ1) is 21.7. The maximum absolute atomic E-state index is 6.63. The molecule has 218 valence electrons. The lowest BCUT2D eigenvalue weighted by Crippen LogP contribution is -2.16. The number of fused-ring (bicyclic) bond motifs is 9. The van der Waals surface area contributed by atoms with Gasteiger partial charge in [0.05, 0.1) is 5.69 Å². The molecule has 0 atom stereocenters. The molecule has 1 heterocycles. The first kappa shape index (κ1) is 26.6. The van der Waals surface area contributed by atoms with Crippen LogP contribution in [0, 0.1) is 0 Å². The molecule has 2 aliphatic rings. The topological polar surface area (TPSA) is 16.4 Å². The molecule has 3 heteroatoms. The number of benzene rings is 6. The van der Waals surface area contributed by atoms with E-state index in [0.29, 0.717) is 5.02 Å². The van der Waals surface area contributed by atoms with Crippen molar-refractivity contribution in [1.29, 1.82) is 0 Å². The Bertz CT molecular complexity index is 2250. The van der Waals surface area contributed by atoms with Crippen molar-refractivity contribution in [1.82, 2.24) is 0 Å². The standard InChI is InChI=1S/C42H32ClNO/c1-41(2)34-13-7-5-10-28(34)31-23-26(17-19-36(31)41)44(38-15-9-12-30-33-22-25(43)16-21-39(33)45-40(30)38)27-18-20-37-32(24-27)29-11-6-8-14-35(29)42(37,3)4/h5-24H,1-4H3. The minimum absolute atomic E-state index is 0.0594. The highest BCUT2D eigenvalue weighted by atomic mass is 35.5. The van der Waals surface area contributed by atoms with Crippen LogP contribution in [0.2, 0.25) is 5.02 Å². The highest BCUT2D eigenvalue weighted by Gasteiger charge is 2.37. The average Bonchev–Trinajstić information content (AvgIpc) is 3.61. The maximum atomic E-state index is 6.63. The Hall–Kier alpha value is -4.79. The second-order valence-electron chi connectivity index (χ2n) is 13.5. The molecule has 45 heavy (non-hydrogen) atoms. The van der Waals surface area contributed by atoms with E-state index >= 15 is 0 Å². The van der Waals surface area contributed by atoms with Crippen molar-refractivity contribution in [3.63, 3.8) is 0 Å². The average molecular weight is 602 g/mol. The highest BCUT2D eigenvalue weighted by Crippen LogP contribution is 2.53. The fourth-order valence-corrected chi connectivity index (χ4v) is 8.23. The van der Waals surface area contributed by atoms with Gasteiger partial charge in [-0.3, -0.25) is 0 Å². The SMILES string of the molecule is CC1(C)c2ccccc2-c2cc(N(c3ccc4c(c3)-c3ccccc3C4(C)C)c3cccc4c3oc3ccc(Cl)cc34)ccc21. The van der Waals surface area contributed by atoms with Crippen LogP contribution < -0.4 is 4.90 Å². The summed E-state index contributed by atoms with van der Waals surface area (Å²) in [5.41, 5.74) is 15.4. The summed E-state index contributed by atoms with van der Waals surface area (Å²) in [6.45, 7) is 9.31. The molecule has 0 saturated carbocycles. The van der Waals surface area contributed by atoms with Crippen LogP contribution in [0.5, 0.6) is 0 Å². The molecule has 0 spiro atoms. The van der Waals surface area contributed by atoms with Gasteiger partial charge < -0.3 is 9.32 Å². The number of halogens is 1. The third-order valence-electron chi connectivity index (χ3n) is 10.3. The number of nitrogens with zero attached hydrogens (tertiary/aromatic N) is 1. The molecule has 0 amide bonds. The van der Waals surface area contributed by atoms with E-state index in [1.165, 1.54) is 44.5 Å². The van der Waals surface area contributed by atoms with Gasteiger partial charge in [0.2, 0.25) is 0 Å². The minimum Gasteiger partial charge on any atom is -0.454 e. The van der Waals surface area contributed by atoms with Crippen molar-refractivity contribution in [2.45, 2.75) is 38.5 Å². The summed E-state index contributed by atoms with van der Waals surface area (Å²) in [5.74, 6) is 0. The maximum Gasteiger partial charge on any atom is 0.159 e. The van der Waals surface area contributed by atoms with Crippen molar-refractivity contribution >= 4 is 50.6 Å². The number of rotatable bonds is 3. The zero-order chi connectivity index (χ0) is 30.7. The molecule has 0 radical (unpaired) electrons. The Kier molecular flexibility index (Phi) is 5.39. The predicted molar refractivity (Wildman–Crippen MR) is 189 cm³/mol. The third kappa shape index (κ3) is 3.63. The summed E-state index contributed by atoms with van der Waals surface area (Å²) in [6.07, 6.45) is 0. The van der Waals surface area contributed by atoms with Crippen LogP contribution in [0.15, 0.2) is 126 Å². The van der Waals surface area contributed by atoms with Crippen molar-refractivity contribution < 1.29 is 4.42 Å². The van der Waals surface area contributed by atoms with Crippen LogP contribution in [0.1, 0.15) is 49.9 Å². The first-order valence-corrected chi connectivity index (χ1v) is 16.0. The van der Waals surface area contributed by atoms with Gasteiger partial charge in [0.1, 0.15) is 5.58 Å².